The van der Waals surface area contributed by atoms with Gasteiger partial charge in [0.15, 0.2) is 0 Å². The van der Waals surface area contributed by atoms with Gasteiger partial charge in [-0.1, -0.05) is 0 Å². The average molecular weight is 204 g/mol. The van der Waals surface area contributed by atoms with E-state index in [9.17, 15) is 0 Å². The molecule has 0 saturated carbocycles. The number of rotatable bonds is 2. The normalized spacial score (nSPS) is 10.5. The molecule has 0 amide bonds. The third-order valence-corrected chi connectivity index (χ3v) is 2.02. The number of aromatic nitrogens is 4. The highest BCUT2D eigenvalue weighted by molar-refractivity contribution is 5.61. The Morgan fingerprint density at radius 1 is 1.33 bits per heavy atom. The fourth-order valence-electron chi connectivity index (χ4n) is 1.30. The second-order valence-electron chi connectivity index (χ2n) is 3.12. The Kier molecular flexibility index (Phi) is 2.24. The number of nitrogens with zero attached hydrogens (tertiary/aromatic N) is 4. The number of nitrogens with two attached hydrogens (primary N) is 2. The molecule has 0 atom stereocenters. The van der Waals surface area contributed by atoms with Gasteiger partial charge in [-0.2, -0.15) is 10.1 Å². The molecule has 0 aliphatic carbocycles. The largest absolute Gasteiger partial charge is 0.384 e. The standard InChI is InChI=1S/C9H12N6/c1-2-15-5-6(4-12-15)7-3-8(10)14-9(11)13-7/h3-5H,2H2,1H3,(H4,10,11,13,14). The monoisotopic (exact) mass is 204 g/mol. The van der Waals surface area contributed by atoms with E-state index in [1.165, 1.54) is 0 Å². The molecule has 0 aliphatic heterocycles. The summed E-state index contributed by atoms with van der Waals surface area (Å²) in [6.45, 7) is 2.83. The van der Waals surface area contributed by atoms with Gasteiger partial charge in [0.1, 0.15) is 5.82 Å². The topological polar surface area (TPSA) is 95.6 Å². The van der Waals surface area contributed by atoms with Gasteiger partial charge in [-0.3, -0.25) is 4.68 Å². The Morgan fingerprint density at radius 3 is 2.73 bits per heavy atom. The van der Waals surface area contributed by atoms with Crippen LogP contribution in [0.2, 0.25) is 0 Å². The van der Waals surface area contributed by atoms with E-state index < -0.39 is 0 Å². The average Bonchev–Trinajstić information content (AvgIpc) is 2.64. The van der Waals surface area contributed by atoms with Gasteiger partial charge in [0.05, 0.1) is 11.9 Å². The predicted molar refractivity (Wildman–Crippen MR) is 57.8 cm³/mol. The zero-order valence-corrected chi connectivity index (χ0v) is 8.38. The molecule has 6 nitrogen and oxygen atoms in total. The van der Waals surface area contributed by atoms with Crippen molar-refractivity contribution in [2.45, 2.75) is 13.5 Å². The van der Waals surface area contributed by atoms with E-state index in [0.717, 1.165) is 12.1 Å². The molecular formula is C9H12N6. The minimum atomic E-state index is 0.175. The van der Waals surface area contributed by atoms with Crippen molar-refractivity contribution < 1.29 is 0 Å². The first-order valence-corrected chi connectivity index (χ1v) is 4.62. The van der Waals surface area contributed by atoms with Crippen LogP contribution in [0.3, 0.4) is 0 Å². The Morgan fingerprint density at radius 2 is 2.13 bits per heavy atom. The van der Waals surface area contributed by atoms with Crippen molar-refractivity contribution in [1.82, 2.24) is 19.7 Å². The number of aryl methyl sites for hydroxylation is 1. The molecule has 4 N–H and O–H groups in total. The molecular weight excluding hydrogens is 192 g/mol. The van der Waals surface area contributed by atoms with Crippen LogP contribution in [0.1, 0.15) is 6.92 Å². The minimum absolute atomic E-state index is 0.175. The van der Waals surface area contributed by atoms with Crippen LogP contribution in [-0.4, -0.2) is 19.7 Å². The summed E-state index contributed by atoms with van der Waals surface area (Å²) in [6.07, 6.45) is 3.62. The molecule has 0 fully saturated rings. The molecule has 0 bridgehead atoms. The van der Waals surface area contributed by atoms with Gasteiger partial charge >= 0.3 is 0 Å². The zero-order chi connectivity index (χ0) is 10.8. The van der Waals surface area contributed by atoms with E-state index >= 15 is 0 Å². The lowest BCUT2D eigenvalue weighted by Crippen LogP contribution is -2.00. The van der Waals surface area contributed by atoms with Crippen molar-refractivity contribution >= 4 is 11.8 Å². The van der Waals surface area contributed by atoms with Gasteiger partial charge in [-0.15, -0.1) is 0 Å². The Balaban J connectivity index is 2.44. The third-order valence-electron chi connectivity index (χ3n) is 2.02. The lowest BCUT2D eigenvalue weighted by molar-refractivity contribution is 0.660. The fourth-order valence-corrected chi connectivity index (χ4v) is 1.30. The van der Waals surface area contributed by atoms with E-state index in [0.29, 0.717) is 11.5 Å². The van der Waals surface area contributed by atoms with Crippen LogP contribution in [0.5, 0.6) is 0 Å². The van der Waals surface area contributed by atoms with E-state index in [-0.39, 0.29) is 5.95 Å². The van der Waals surface area contributed by atoms with E-state index in [2.05, 4.69) is 15.1 Å². The summed E-state index contributed by atoms with van der Waals surface area (Å²) < 4.78 is 1.81. The molecule has 0 spiro atoms. The highest BCUT2D eigenvalue weighted by Gasteiger charge is 2.05. The first kappa shape index (κ1) is 9.45. The number of anilines is 2. The van der Waals surface area contributed by atoms with E-state index in [1.54, 1.807) is 12.3 Å². The quantitative estimate of drug-likeness (QED) is 0.743. The Hall–Kier alpha value is -2.11. The molecule has 2 aromatic rings. The molecule has 0 aliphatic rings. The summed E-state index contributed by atoms with van der Waals surface area (Å²) in [6, 6.07) is 1.67. The Labute approximate surface area is 86.9 Å². The highest BCUT2D eigenvalue weighted by Crippen LogP contribution is 2.18. The summed E-state index contributed by atoms with van der Waals surface area (Å²) >= 11 is 0. The van der Waals surface area contributed by atoms with Crippen molar-refractivity contribution in [1.29, 1.82) is 0 Å². The number of hydrogen-bond donors (Lipinski definition) is 2. The maximum absolute atomic E-state index is 5.58. The smallest absolute Gasteiger partial charge is 0.222 e. The summed E-state index contributed by atoms with van der Waals surface area (Å²) in [4.78, 5) is 7.89. The summed E-state index contributed by atoms with van der Waals surface area (Å²) in [7, 11) is 0. The van der Waals surface area contributed by atoms with E-state index in [4.69, 9.17) is 11.5 Å². The fraction of sp³-hybridized carbons (Fsp3) is 0.222. The molecule has 15 heavy (non-hydrogen) atoms. The second kappa shape index (κ2) is 3.56. The van der Waals surface area contributed by atoms with Gasteiger partial charge in [-0.05, 0) is 6.92 Å². The van der Waals surface area contributed by atoms with Gasteiger partial charge in [-0.25, -0.2) is 4.98 Å². The van der Waals surface area contributed by atoms with E-state index in [1.807, 2.05) is 17.8 Å². The van der Waals surface area contributed by atoms with Crippen LogP contribution in [-0.2, 0) is 6.54 Å². The third kappa shape index (κ3) is 1.88. The molecule has 0 unspecified atom stereocenters. The van der Waals surface area contributed by atoms with Crippen LogP contribution in [0.4, 0.5) is 11.8 Å². The molecule has 0 radical (unpaired) electrons. The van der Waals surface area contributed by atoms with Crippen molar-refractivity contribution in [3.63, 3.8) is 0 Å². The lowest BCUT2D eigenvalue weighted by atomic mass is 10.2. The lowest BCUT2D eigenvalue weighted by Gasteiger charge is -1.99. The maximum Gasteiger partial charge on any atom is 0.222 e. The molecule has 0 saturated heterocycles. The molecule has 0 aromatic carbocycles. The SMILES string of the molecule is CCn1cc(-c2cc(N)nc(N)n2)cn1. The number of hydrogen-bond acceptors (Lipinski definition) is 5. The molecule has 78 valence electrons. The maximum atomic E-state index is 5.58. The van der Waals surface area contributed by atoms with Crippen molar-refractivity contribution in [3.05, 3.63) is 18.5 Å². The van der Waals surface area contributed by atoms with Gasteiger partial charge in [0.25, 0.3) is 0 Å². The minimum Gasteiger partial charge on any atom is -0.384 e. The Bertz CT molecular complexity index is 455. The zero-order valence-electron chi connectivity index (χ0n) is 8.38. The number of nitrogen functional groups attached to an aromatic ring is 2. The predicted octanol–water partition coefficient (Wildman–Crippen LogP) is 0.524. The highest BCUT2D eigenvalue weighted by atomic mass is 15.3. The molecule has 6 heteroatoms. The first-order valence-electron chi connectivity index (χ1n) is 4.62. The molecule has 2 aromatic heterocycles. The van der Waals surface area contributed by atoms with Crippen LogP contribution in [0.15, 0.2) is 18.5 Å². The van der Waals surface area contributed by atoms with Crippen LogP contribution < -0.4 is 11.5 Å². The first-order chi connectivity index (χ1) is 7.19. The van der Waals surface area contributed by atoms with Crippen molar-refractivity contribution in [2.24, 2.45) is 0 Å². The summed E-state index contributed by atoms with van der Waals surface area (Å²) in [5, 5.41) is 4.15. The van der Waals surface area contributed by atoms with Crippen molar-refractivity contribution in [2.75, 3.05) is 11.5 Å². The van der Waals surface area contributed by atoms with Gasteiger partial charge < -0.3 is 11.5 Å². The summed E-state index contributed by atoms with van der Waals surface area (Å²) in [5.74, 6) is 0.538. The second-order valence-corrected chi connectivity index (χ2v) is 3.12. The van der Waals surface area contributed by atoms with Crippen molar-refractivity contribution in [3.8, 4) is 11.3 Å². The van der Waals surface area contributed by atoms with Crippen LogP contribution >= 0.6 is 0 Å². The van der Waals surface area contributed by atoms with Gasteiger partial charge in [0.2, 0.25) is 5.95 Å². The summed E-state index contributed by atoms with van der Waals surface area (Å²) in [5.41, 5.74) is 12.7. The van der Waals surface area contributed by atoms with Crippen LogP contribution in [0, 0.1) is 0 Å². The molecule has 2 rings (SSSR count). The molecule has 2 heterocycles. The van der Waals surface area contributed by atoms with Crippen LogP contribution in [0.25, 0.3) is 11.3 Å². The van der Waals surface area contributed by atoms with Gasteiger partial charge in [0, 0.05) is 24.4 Å².